The average Bonchev–Trinajstić information content (AvgIpc) is 2.60. The number of ether oxygens (including phenoxy) is 1. The van der Waals surface area contributed by atoms with Gasteiger partial charge in [0, 0.05) is 13.1 Å². The Labute approximate surface area is 138 Å². The fourth-order valence-corrected chi connectivity index (χ4v) is 2.15. The second-order valence-electron chi connectivity index (χ2n) is 5.15. The maximum atomic E-state index is 5.85. The van der Waals surface area contributed by atoms with E-state index in [1.807, 2.05) is 36.4 Å². The predicted octanol–water partition coefficient (Wildman–Crippen LogP) is 3.34. The summed E-state index contributed by atoms with van der Waals surface area (Å²) in [5, 5.41) is 6.45. The number of nitrogens with one attached hydrogen (secondary N) is 2. The highest BCUT2D eigenvalue weighted by Crippen LogP contribution is 2.15. The lowest BCUT2D eigenvalue weighted by Crippen LogP contribution is -2.36. The van der Waals surface area contributed by atoms with Crippen LogP contribution in [-0.2, 0) is 13.2 Å². The van der Waals surface area contributed by atoms with Crippen LogP contribution in [0.5, 0.6) is 5.75 Å². The summed E-state index contributed by atoms with van der Waals surface area (Å²) in [6.45, 7) is 7.03. The molecule has 2 N–H and O–H groups in total. The molecule has 0 heterocycles. The monoisotopic (exact) mass is 311 g/mol. The van der Waals surface area contributed by atoms with Gasteiger partial charge in [-0.2, -0.15) is 0 Å². The van der Waals surface area contributed by atoms with Crippen molar-refractivity contribution in [2.75, 3.05) is 13.1 Å². The summed E-state index contributed by atoms with van der Waals surface area (Å²) < 4.78 is 5.85. The third-order valence-electron chi connectivity index (χ3n) is 3.25. The normalized spacial score (nSPS) is 10.0. The van der Waals surface area contributed by atoms with E-state index in [2.05, 4.69) is 47.7 Å². The maximum absolute atomic E-state index is 5.85. The molecule has 0 aliphatic carbocycles. The van der Waals surface area contributed by atoms with Gasteiger partial charge in [0.05, 0.1) is 6.54 Å². The van der Waals surface area contributed by atoms with Crippen molar-refractivity contribution >= 4 is 5.96 Å². The lowest BCUT2D eigenvalue weighted by molar-refractivity contribution is 0.306. The number of aliphatic imine (C=N–C) groups is 1. The lowest BCUT2D eigenvalue weighted by Gasteiger charge is -2.10. The lowest BCUT2D eigenvalue weighted by atomic mass is 10.2. The third kappa shape index (κ3) is 6.02. The van der Waals surface area contributed by atoms with Crippen molar-refractivity contribution in [2.24, 2.45) is 4.99 Å². The molecule has 0 aliphatic rings. The molecule has 2 aromatic carbocycles. The van der Waals surface area contributed by atoms with Crippen molar-refractivity contribution in [2.45, 2.75) is 27.0 Å². The smallest absolute Gasteiger partial charge is 0.191 e. The first kappa shape index (κ1) is 16.9. The van der Waals surface area contributed by atoms with E-state index in [-0.39, 0.29) is 0 Å². The van der Waals surface area contributed by atoms with Crippen LogP contribution in [0.2, 0.25) is 0 Å². The second kappa shape index (κ2) is 9.51. The molecule has 0 fully saturated rings. The SMILES string of the molecule is CCNC(=NCc1cccc(OCc2ccccc2)c1)NCC. The van der Waals surface area contributed by atoms with Crippen LogP contribution in [0.4, 0.5) is 0 Å². The van der Waals surface area contributed by atoms with Crippen LogP contribution in [0.25, 0.3) is 0 Å². The van der Waals surface area contributed by atoms with E-state index in [0.29, 0.717) is 13.2 Å². The molecule has 0 radical (unpaired) electrons. The summed E-state index contributed by atoms with van der Waals surface area (Å²) in [6.07, 6.45) is 0. The zero-order chi connectivity index (χ0) is 16.3. The van der Waals surface area contributed by atoms with Gasteiger partial charge in [-0.15, -0.1) is 0 Å². The molecule has 122 valence electrons. The quantitative estimate of drug-likeness (QED) is 0.609. The van der Waals surface area contributed by atoms with Gasteiger partial charge >= 0.3 is 0 Å². The topological polar surface area (TPSA) is 45.7 Å². The minimum absolute atomic E-state index is 0.577. The zero-order valence-corrected chi connectivity index (χ0v) is 13.9. The molecule has 2 rings (SSSR count). The number of guanidine groups is 1. The summed E-state index contributed by atoms with van der Waals surface area (Å²) in [5.41, 5.74) is 2.29. The Hall–Kier alpha value is -2.49. The molecule has 4 heteroatoms. The van der Waals surface area contributed by atoms with Crippen molar-refractivity contribution in [1.29, 1.82) is 0 Å². The van der Waals surface area contributed by atoms with Gasteiger partial charge in [0.15, 0.2) is 5.96 Å². The molecular weight excluding hydrogens is 286 g/mol. The van der Waals surface area contributed by atoms with Crippen LogP contribution in [-0.4, -0.2) is 19.0 Å². The molecule has 2 aromatic rings. The Kier molecular flexibility index (Phi) is 6.98. The molecule has 0 saturated carbocycles. The fraction of sp³-hybridized carbons (Fsp3) is 0.316. The summed E-state index contributed by atoms with van der Waals surface area (Å²) in [7, 11) is 0. The molecule has 0 aliphatic heterocycles. The van der Waals surface area contributed by atoms with Gasteiger partial charge in [0.2, 0.25) is 0 Å². The summed E-state index contributed by atoms with van der Waals surface area (Å²) in [5.74, 6) is 1.71. The van der Waals surface area contributed by atoms with E-state index in [4.69, 9.17) is 4.74 Å². The Morgan fingerprint density at radius 3 is 2.30 bits per heavy atom. The largest absolute Gasteiger partial charge is 0.489 e. The van der Waals surface area contributed by atoms with E-state index in [0.717, 1.165) is 35.9 Å². The first-order chi connectivity index (χ1) is 11.3. The molecule has 0 bridgehead atoms. The van der Waals surface area contributed by atoms with Crippen molar-refractivity contribution in [3.63, 3.8) is 0 Å². The molecule has 0 unspecified atom stereocenters. The van der Waals surface area contributed by atoms with Crippen LogP contribution in [0.15, 0.2) is 59.6 Å². The predicted molar refractivity (Wildman–Crippen MR) is 95.7 cm³/mol. The van der Waals surface area contributed by atoms with E-state index in [1.165, 1.54) is 0 Å². The van der Waals surface area contributed by atoms with Crippen LogP contribution >= 0.6 is 0 Å². The number of nitrogens with zero attached hydrogens (tertiary/aromatic N) is 1. The zero-order valence-electron chi connectivity index (χ0n) is 13.9. The van der Waals surface area contributed by atoms with Crippen LogP contribution < -0.4 is 15.4 Å². The van der Waals surface area contributed by atoms with E-state index >= 15 is 0 Å². The minimum Gasteiger partial charge on any atom is -0.489 e. The highest BCUT2D eigenvalue weighted by Gasteiger charge is 1.99. The van der Waals surface area contributed by atoms with Crippen LogP contribution in [0.3, 0.4) is 0 Å². The fourth-order valence-electron chi connectivity index (χ4n) is 2.15. The van der Waals surface area contributed by atoms with Gasteiger partial charge in [0.25, 0.3) is 0 Å². The number of benzene rings is 2. The van der Waals surface area contributed by atoms with Gasteiger partial charge in [0.1, 0.15) is 12.4 Å². The summed E-state index contributed by atoms with van der Waals surface area (Å²) >= 11 is 0. The van der Waals surface area contributed by atoms with Gasteiger partial charge in [-0.3, -0.25) is 0 Å². The number of hydrogen-bond donors (Lipinski definition) is 2. The van der Waals surface area contributed by atoms with E-state index in [1.54, 1.807) is 0 Å². The second-order valence-corrected chi connectivity index (χ2v) is 5.15. The van der Waals surface area contributed by atoms with Crippen LogP contribution in [0, 0.1) is 0 Å². The molecular formula is C19H25N3O. The van der Waals surface area contributed by atoms with Gasteiger partial charge in [-0.25, -0.2) is 4.99 Å². The first-order valence-corrected chi connectivity index (χ1v) is 8.09. The summed E-state index contributed by atoms with van der Waals surface area (Å²) in [6, 6.07) is 18.3. The molecule has 0 amide bonds. The summed E-state index contributed by atoms with van der Waals surface area (Å²) in [4.78, 5) is 4.57. The Balaban J connectivity index is 1.95. The van der Waals surface area contributed by atoms with E-state index < -0.39 is 0 Å². The molecule has 0 atom stereocenters. The van der Waals surface area contributed by atoms with Gasteiger partial charge < -0.3 is 15.4 Å². The van der Waals surface area contributed by atoms with Gasteiger partial charge in [-0.1, -0.05) is 42.5 Å². The average molecular weight is 311 g/mol. The highest BCUT2D eigenvalue weighted by atomic mass is 16.5. The Morgan fingerprint density at radius 1 is 0.913 bits per heavy atom. The Morgan fingerprint density at radius 2 is 1.61 bits per heavy atom. The van der Waals surface area contributed by atoms with Crippen molar-refractivity contribution in [1.82, 2.24) is 10.6 Å². The molecule has 4 nitrogen and oxygen atoms in total. The maximum Gasteiger partial charge on any atom is 0.191 e. The molecule has 23 heavy (non-hydrogen) atoms. The molecule has 0 saturated heterocycles. The minimum atomic E-state index is 0.577. The first-order valence-electron chi connectivity index (χ1n) is 8.09. The standard InChI is InChI=1S/C19H25N3O/c1-3-20-19(21-4-2)22-14-17-11-8-12-18(13-17)23-15-16-9-6-5-7-10-16/h5-13H,3-4,14-15H2,1-2H3,(H2,20,21,22). The van der Waals surface area contributed by atoms with Crippen LogP contribution in [0.1, 0.15) is 25.0 Å². The van der Waals surface area contributed by atoms with Gasteiger partial charge in [-0.05, 0) is 37.1 Å². The van der Waals surface area contributed by atoms with Crippen molar-refractivity contribution < 1.29 is 4.74 Å². The molecule has 0 spiro atoms. The van der Waals surface area contributed by atoms with Crippen molar-refractivity contribution in [3.05, 3.63) is 65.7 Å². The number of hydrogen-bond acceptors (Lipinski definition) is 2. The third-order valence-corrected chi connectivity index (χ3v) is 3.25. The van der Waals surface area contributed by atoms with Crippen molar-refractivity contribution in [3.8, 4) is 5.75 Å². The molecule has 0 aromatic heterocycles. The number of rotatable bonds is 7. The van der Waals surface area contributed by atoms with E-state index in [9.17, 15) is 0 Å². The Bertz CT molecular complexity index is 603. The highest BCUT2D eigenvalue weighted by molar-refractivity contribution is 5.79.